The van der Waals surface area contributed by atoms with Gasteiger partial charge in [-0.1, -0.05) is 6.92 Å². The Hall–Kier alpha value is -0.180. The third kappa shape index (κ3) is 4.16. The highest BCUT2D eigenvalue weighted by Crippen LogP contribution is 2.18. The molecule has 2 rings (SSSR count). The van der Waals surface area contributed by atoms with Crippen LogP contribution < -0.4 is 5.32 Å². The molecule has 20 heavy (non-hydrogen) atoms. The topological polar surface area (TPSA) is 83.6 Å². The molecule has 0 aromatic carbocycles. The van der Waals surface area contributed by atoms with Crippen LogP contribution in [0.4, 0.5) is 0 Å². The highest BCUT2D eigenvalue weighted by atomic mass is 32.2. The van der Waals surface area contributed by atoms with Crippen LogP contribution in [0.25, 0.3) is 0 Å². The van der Waals surface area contributed by atoms with Gasteiger partial charge < -0.3 is 5.32 Å². The smallest absolute Gasteiger partial charge is 0.214 e. The number of hydrogen-bond acceptors (Lipinski definition) is 5. The lowest BCUT2D eigenvalue weighted by Gasteiger charge is -2.33. The summed E-state index contributed by atoms with van der Waals surface area (Å²) in [6.07, 6.45) is 2.84. The van der Waals surface area contributed by atoms with Gasteiger partial charge in [0, 0.05) is 25.2 Å². The molecule has 2 heterocycles. The molecule has 2 aliphatic heterocycles. The molecule has 0 aromatic heterocycles. The van der Waals surface area contributed by atoms with Crippen LogP contribution in [0.5, 0.6) is 0 Å². The summed E-state index contributed by atoms with van der Waals surface area (Å²) in [6, 6.07) is 0.283. The fraction of sp³-hybridized carbons (Fsp3) is 1.00. The van der Waals surface area contributed by atoms with Gasteiger partial charge in [-0.2, -0.15) is 0 Å². The van der Waals surface area contributed by atoms with Gasteiger partial charge >= 0.3 is 0 Å². The van der Waals surface area contributed by atoms with Crippen molar-refractivity contribution in [3.05, 3.63) is 0 Å². The summed E-state index contributed by atoms with van der Waals surface area (Å²) in [5.74, 6) is 0.710. The zero-order valence-electron chi connectivity index (χ0n) is 11.9. The van der Waals surface area contributed by atoms with Crippen molar-refractivity contribution in [1.29, 1.82) is 0 Å². The summed E-state index contributed by atoms with van der Waals surface area (Å²) in [6.45, 7) is 2.95. The van der Waals surface area contributed by atoms with Crippen LogP contribution in [0.1, 0.15) is 32.6 Å². The summed E-state index contributed by atoms with van der Waals surface area (Å²) >= 11 is 0. The Labute approximate surface area is 121 Å². The Bertz CT molecular complexity index is 522. The van der Waals surface area contributed by atoms with Gasteiger partial charge in [-0.3, -0.25) is 0 Å². The first-order valence-electron chi connectivity index (χ1n) is 7.27. The van der Waals surface area contributed by atoms with Crippen LogP contribution >= 0.6 is 0 Å². The molecule has 6 nitrogen and oxygen atoms in total. The van der Waals surface area contributed by atoms with E-state index in [1.165, 1.54) is 0 Å². The van der Waals surface area contributed by atoms with E-state index in [2.05, 4.69) is 5.32 Å². The Morgan fingerprint density at radius 2 is 1.80 bits per heavy atom. The van der Waals surface area contributed by atoms with E-state index in [0.29, 0.717) is 25.9 Å². The minimum Gasteiger partial charge on any atom is -0.310 e. The average Bonchev–Trinajstić information content (AvgIpc) is 2.69. The molecule has 2 aliphatic rings. The van der Waals surface area contributed by atoms with E-state index in [1.54, 1.807) is 4.31 Å². The zero-order valence-corrected chi connectivity index (χ0v) is 13.5. The molecule has 0 amide bonds. The second kappa shape index (κ2) is 6.29. The first-order chi connectivity index (χ1) is 9.32. The normalized spacial score (nSPS) is 28.8. The maximum absolute atomic E-state index is 11.9. The molecular weight excluding hydrogens is 300 g/mol. The molecule has 0 aromatic rings. The van der Waals surface area contributed by atoms with Gasteiger partial charge in [0.15, 0.2) is 9.84 Å². The molecule has 0 aliphatic carbocycles. The third-order valence-corrected chi connectivity index (χ3v) is 7.86. The fourth-order valence-electron chi connectivity index (χ4n) is 2.95. The number of sulfonamides is 1. The lowest BCUT2D eigenvalue weighted by molar-refractivity contribution is 0.277. The van der Waals surface area contributed by atoms with Crippen molar-refractivity contribution in [2.24, 2.45) is 0 Å². The number of piperidine rings is 1. The van der Waals surface area contributed by atoms with Crippen molar-refractivity contribution < 1.29 is 16.8 Å². The van der Waals surface area contributed by atoms with E-state index in [4.69, 9.17) is 0 Å². The molecular formula is C12H24N2O4S2. The summed E-state index contributed by atoms with van der Waals surface area (Å²) in [4.78, 5) is 0. The minimum absolute atomic E-state index is 0.0452. The summed E-state index contributed by atoms with van der Waals surface area (Å²) < 4.78 is 48.3. The van der Waals surface area contributed by atoms with Crippen molar-refractivity contribution >= 4 is 19.9 Å². The summed E-state index contributed by atoms with van der Waals surface area (Å²) in [7, 11) is -5.95. The first kappa shape index (κ1) is 16.2. The molecule has 118 valence electrons. The van der Waals surface area contributed by atoms with Gasteiger partial charge in [0.05, 0.1) is 17.3 Å². The Balaban J connectivity index is 1.80. The quantitative estimate of drug-likeness (QED) is 0.768. The molecule has 1 unspecified atom stereocenters. The van der Waals surface area contributed by atoms with Crippen molar-refractivity contribution in [2.75, 3.05) is 30.3 Å². The van der Waals surface area contributed by atoms with E-state index in [-0.39, 0.29) is 29.3 Å². The van der Waals surface area contributed by atoms with Crippen LogP contribution in [0.3, 0.4) is 0 Å². The van der Waals surface area contributed by atoms with Crippen LogP contribution in [0.2, 0.25) is 0 Å². The Morgan fingerprint density at radius 1 is 1.15 bits per heavy atom. The summed E-state index contributed by atoms with van der Waals surface area (Å²) in [5, 5.41) is 3.38. The van der Waals surface area contributed by atoms with E-state index in [9.17, 15) is 16.8 Å². The van der Waals surface area contributed by atoms with Crippen LogP contribution in [-0.4, -0.2) is 63.6 Å². The second-order valence-electron chi connectivity index (χ2n) is 5.76. The van der Waals surface area contributed by atoms with Gasteiger partial charge in [-0.05, 0) is 25.7 Å². The molecule has 0 saturated carbocycles. The van der Waals surface area contributed by atoms with Gasteiger partial charge in [0.2, 0.25) is 10.0 Å². The Kier molecular flexibility index (Phi) is 5.09. The van der Waals surface area contributed by atoms with E-state index in [0.717, 1.165) is 12.8 Å². The maximum Gasteiger partial charge on any atom is 0.214 e. The second-order valence-corrected chi connectivity index (χ2v) is 10.1. The third-order valence-electron chi connectivity index (χ3n) is 4.01. The largest absolute Gasteiger partial charge is 0.310 e. The first-order valence-corrected chi connectivity index (χ1v) is 10.7. The molecule has 1 atom stereocenters. The number of rotatable bonds is 5. The Morgan fingerprint density at radius 3 is 2.30 bits per heavy atom. The highest BCUT2D eigenvalue weighted by Gasteiger charge is 2.32. The maximum atomic E-state index is 11.9. The summed E-state index contributed by atoms with van der Waals surface area (Å²) in [5.41, 5.74) is 0. The fourth-order valence-corrected chi connectivity index (χ4v) is 6.17. The molecule has 8 heteroatoms. The predicted molar refractivity (Wildman–Crippen MR) is 78.9 cm³/mol. The monoisotopic (exact) mass is 324 g/mol. The van der Waals surface area contributed by atoms with E-state index >= 15 is 0 Å². The number of nitrogens with one attached hydrogen (secondary N) is 1. The SMILES string of the molecule is CCCS(=O)(=O)N1CCC(NC2CCS(=O)(=O)C2)CC1. The predicted octanol–water partition coefficient (Wildman–Crippen LogP) is -0.0327. The van der Waals surface area contributed by atoms with Crippen LogP contribution in [0, 0.1) is 0 Å². The van der Waals surface area contributed by atoms with Crippen molar-refractivity contribution in [3.63, 3.8) is 0 Å². The van der Waals surface area contributed by atoms with E-state index in [1.807, 2.05) is 6.92 Å². The molecule has 0 radical (unpaired) electrons. The van der Waals surface area contributed by atoms with Gasteiger partial charge in [0.25, 0.3) is 0 Å². The van der Waals surface area contributed by atoms with E-state index < -0.39 is 19.9 Å². The number of sulfone groups is 1. The molecule has 1 N–H and O–H groups in total. The van der Waals surface area contributed by atoms with Crippen molar-refractivity contribution in [3.8, 4) is 0 Å². The lowest BCUT2D eigenvalue weighted by Crippen LogP contribution is -2.48. The molecule has 2 fully saturated rings. The van der Waals surface area contributed by atoms with Crippen LogP contribution in [0.15, 0.2) is 0 Å². The standard InChI is InChI=1S/C12H24N2O4S2/c1-2-8-20(17,18)14-6-3-11(4-7-14)13-12-5-9-19(15,16)10-12/h11-13H,2-10H2,1H3. The number of nitrogens with zero attached hydrogens (tertiary/aromatic N) is 1. The van der Waals surface area contributed by atoms with Crippen molar-refractivity contribution in [1.82, 2.24) is 9.62 Å². The zero-order chi connectivity index (χ0) is 14.8. The minimum atomic E-state index is -3.09. The van der Waals surface area contributed by atoms with Gasteiger partial charge in [-0.15, -0.1) is 0 Å². The molecule has 0 spiro atoms. The number of hydrogen-bond donors (Lipinski definition) is 1. The lowest BCUT2D eigenvalue weighted by atomic mass is 10.1. The molecule has 2 saturated heterocycles. The average molecular weight is 324 g/mol. The van der Waals surface area contributed by atoms with Gasteiger partial charge in [0.1, 0.15) is 0 Å². The van der Waals surface area contributed by atoms with Crippen molar-refractivity contribution in [2.45, 2.75) is 44.7 Å². The highest BCUT2D eigenvalue weighted by molar-refractivity contribution is 7.91. The van der Waals surface area contributed by atoms with Crippen LogP contribution in [-0.2, 0) is 19.9 Å². The van der Waals surface area contributed by atoms with Gasteiger partial charge in [-0.25, -0.2) is 21.1 Å². The molecule has 0 bridgehead atoms.